The first-order chi connectivity index (χ1) is 6.98. The quantitative estimate of drug-likeness (QED) is 0.592. The van der Waals surface area contributed by atoms with Crippen molar-refractivity contribution in [2.75, 3.05) is 32.7 Å². The Morgan fingerprint density at radius 2 is 2.27 bits per heavy atom. The summed E-state index contributed by atoms with van der Waals surface area (Å²) in [5, 5.41) is 12.0. The highest BCUT2D eigenvalue weighted by Gasteiger charge is 2.38. The molecule has 3 amide bonds. The summed E-state index contributed by atoms with van der Waals surface area (Å²) in [7, 11) is 0. The Kier molecular flexibility index (Phi) is 2.40. The highest BCUT2D eigenvalue weighted by Crippen LogP contribution is 2.19. The molecule has 2 heterocycles. The molecule has 84 valence electrons. The van der Waals surface area contributed by atoms with E-state index in [0.717, 1.165) is 0 Å². The fourth-order valence-electron chi connectivity index (χ4n) is 2.02. The Bertz CT molecular complexity index is 295. The average Bonchev–Trinajstić information content (AvgIpc) is 2.47. The molecule has 0 bridgehead atoms. The normalized spacial score (nSPS) is 24.9. The molecule has 0 aromatic heterocycles. The monoisotopic (exact) mass is 213 g/mol. The van der Waals surface area contributed by atoms with E-state index in [1.165, 1.54) is 4.90 Å². The van der Waals surface area contributed by atoms with E-state index < -0.39 is 5.60 Å². The molecular formula is C9H15N3O3. The Hall–Kier alpha value is -1.14. The molecule has 6 nitrogen and oxygen atoms in total. The lowest BCUT2D eigenvalue weighted by Crippen LogP contribution is -2.61. The fraction of sp³-hybridized carbons (Fsp3) is 0.778. The number of urea groups is 1. The largest absolute Gasteiger partial charge is 0.388 e. The van der Waals surface area contributed by atoms with E-state index in [9.17, 15) is 14.7 Å². The third kappa shape index (κ3) is 2.10. The van der Waals surface area contributed by atoms with E-state index >= 15 is 0 Å². The minimum absolute atomic E-state index is 0.194. The third-order valence-electron chi connectivity index (χ3n) is 2.65. The van der Waals surface area contributed by atoms with E-state index in [1.807, 2.05) is 4.90 Å². The van der Waals surface area contributed by atoms with Crippen molar-refractivity contribution in [3.63, 3.8) is 0 Å². The van der Waals surface area contributed by atoms with Crippen LogP contribution in [0.3, 0.4) is 0 Å². The van der Waals surface area contributed by atoms with Gasteiger partial charge in [-0.05, 0) is 6.92 Å². The zero-order valence-electron chi connectivity index (χ0n) is 8.69. The van der Waals surface area contributed by atoms with Crippen molar-refractivity contribution in [2.45, 2.75) is 12.5 Å². The number of hydrogen-bond acceptors (Lipinski definition) is 4. The molecular weight excluding hydrogens is 198 g/mol. The standard InChI is InChI=1S/C9H15N3O3/c1-9(15)5-11(6-9)4-7(13)12-3-2-10-8(12)14/h15H,2-6H2,1H3,(H,10,14). The van der Waals surface area contributed by atoms with Gasteiger partial charge in [-0.3, -0.25) is 14.6 Å². The molecule has 15 heavy (non-hydrogen) atoms. The number of imide groups is 1. The minimum Gasteiger partial charge on any atom is -0.388 e. The zero-order chi connectivity index (χ0) is 11.1. The van der Waals surface area contributed by atoms with E-state index in [1.54, 1.807) is 6.92 Å². The van der Waals surface area contributed by atoms with Crippen LogP contribution in [0.15, 0.2) is 0 Å². The molecule has 0 saturated carbocycles. The van der Waals surface area contributed by atoms with E-state index in [2.05, 4.69) is 5.32 Å². The summed E-state index contributed by atoms with van der Waals surface area (Å²) in [6.07, 6.45) is 0. The summed E-state index contributed by atoms with van der Waals surface area (Å²) >= 11 is 0. The first-order valence-corrected chi connectivity index (χ1v) is 5.01. The molecule has 0 aliphatic carbocycles. The van der Waals surface area contributed by atoms with Crippen molar-refractivity contribution >= 4 is 11.9 Å². The zero-order valence-corrected chi connectivity index (χ0v) is 8.69. The van der Waals surface area contributed by atoms with Crippen LogP contribution in [0, 0.1) is 0 Å². The molecule has 6 heteroatoms. The minimum atomic E-state index is -0.673. The van der Waals surface area contributed by atoms with Gasteiger partial charge in [-0.1, -0.05) is 0 Å². The van der Waals surface area contributed by atoms with Gasteiger partial charge in [0.25, 0.3) is 0 Å². The van der Waals surface area contributed by atoms with Crippen LogP contribution in [0.4, 0.5) is 4.79 Å². The van der Waals surface area contributed by atoms with Crippen LogP contribution in [-0.4, -0.2) is 65.2 Å². The van der Waals surface area contributed by atoms with Crippen molar-refractivity contribution in [3.05, 3.63) is 0 Å². The van der Waals surface area contributed by atoms with Gasteiger partial charge in [-0.15, -0.1) is 0 Å². The van der Waals surface area contributed by atoms with Gasteiger partial charge in [0.1, 0.15) is 0 Å². The lowest BCUT2D eigenvalue weighted by Gasteiger charge is -2.44. The van der Waals surface area contributed by atoms with Crippen molar-refractivity contribution in [2.24, 2.45) is 0 Å². The molecule has 0 unspecified atom stereocenters. The molecule has 0 aromatic carbocycles. The van der Waals surface area contributed by atoms with Gasteiger partial charge in [0, 0.05) is 26.2 Å². The molecule has 0 radical (unpaired) electrons. The molecule has 2 rings (SSSR count). The molecule has 2 saturated heterocycles. The number of aliphatic hydroxyl groups is 1. The number of β-amino-alcohol motifs (C(OH)–C–C–N with tert-alkyl or cyclic N) is 1. The van der Waals surface area contributed by atoms with Gasteiger partial charge >= 0.3 is 6.03 Å². The van der Waals surface area contributed by atoms with Gasteiger partial charge in [-0.25, -0.2) is 4.79 Å². The predicted octanol–water partition coefficient (Wildman–Crippen LogP) is -1.40. The second-order valence-electron chi connectivity index (χ2n) is 4.42. The van der Waals surface area contributed by atoms with E-state index in [4.69, 9.17) is 0 Å². The van der Waals surface area contributed by atoms with Crippen molar-refractivity contribution in [1.29, 1.82) is 0 Å². The molecule has 2 N–H and O–H groups in total. The summed E-state index contributed by atoms with van der Waals surface area (Å²) < 4.78 is 0. The third-order valence-corrected chi connectivity index (χ3v) is 2.65. The van der Waals surface area contributed by atoms with E-state index in [0.29, 0.717) is 26.2 Å². The number of nitrogens with one attached hydrogen (secondary N) is 1. The maximum absolute atomic E-state index is 11.6. The maximum Gasteiger partial charge on any atom is 0.324 e. The average molecular weight is 213 g/mol. The summed E-state index contributed by atoms with van der Waals surface area (Å²) in [6.45, 7) is 3.91. The van der Waals surface area contributed by atoms with Gasteiger partial charge < -0.3 is 10.4 Å². The van der Waals surface area contributed by atoms with Crippen molar-refractivity contribution in [1.82, 2.24) is 15.1 Å². The summed E-state index contributed by atoms with van der Waals surface area (Å²) in [6, 6.07) is -0.313. The molecule has 2 aliphatic heterocycles. The molecule has 0 spiro atoms. The molecule has 2 fully saturated rings. The van der Waals surface area contributed by atoms with Gasteiger partial charge in [0.15, 0.2) is 0 Å². The SMILES string of the molecule is CC1(O)CN(CC(=O)N2CCNC2=O)C1. The number of carbonyl (C=O) groups is 2. The van der Waals surface area contributed by atoms with Gasteiger partial charge in [-0.2, -0.15) is 0 Å². The maximum atomic E-state index is 11.6. The Morgan fingerprint density at radius 3 is 2.73 bits per heavy atom. The first-order valence-electron chi connectivity index (χ1n) is 5.01. The number of rotatable bonds is 2. The Morgan fingerprint density at radius 1 is 1.60 bits per heavy atom. The lowest BCUT2D eigenvalue weighted by molar-refractivity contribution is -0.136. The Balaban J connectivity index is 1.81. The van der Waals surface area contributed by atoms with Crippen LogP contribution >= 0.6 is 0 Å². The van der Waals surface area contributed by atoms with Crippen LogP contribution in [0.5, 0.6) is 0 Å². The van der Waals surface area contributed by atoms with Crippen LogP contribution < -0.4 is 5.32 Å². The van der Waals surface area contributed by atoms with Crippen molar-refractivity contribution < 1.29 is 14.7 Å². The first kappa shape index (κ1) is 10.4. The highest BCUT2D eigenvalue weighted by atomic mass is 16.3. The van der Waals surface area contributed by atoms with Crippen molar-refractivity contribution in [3.8, 4) is 0 Å². The van der Waals surface area contributed by atoms with Crippen LogP contribution in [-0.2, 0) is 4.79 Å². The number of carbonyl (C=O) groups excluding carboxylic acids is 2. The number of hydrogen-bond donors (Lipinski definition) is 2. The molecule has 2 aliphatic rings. The number of nitrogens with zero attached hydrogens (tertiary/aromatic N) is 2. The smallest absolute Gasteiger partial charge is 0.324 e. The predicted molar refractivity (Wildman–Crippen MR) is 52.2 cm³/mol. The van der Waals surface area contributed by atoms with Crippen LogP contribution in [0.2, 0.25) is 0 Å². The number of likely N-dealkylation sites (tertiary alicyclic amines) is 1. The second kappa shape index (κ2) is 3.46. The Labute approximate surface area is 87.8 Å². The number of amides is 3. The van der Waals surface area contributed by atoms with Gasteiger partial charge in [0.05, 0.1) is 12.1 Å². The van der Waals surface area contributed by atoms with Gasteiger partial charge in [0.2, 0.25) is 5.91 Å². The summed E-state index contributed by atoms with van der Waals surface area (Å²) in [4.78, 5) is 25.8. The second-order valence-corrected chi connectivity index (χ2v) is 4.42. The highest BCUT2D eigenvalue weighted by molar-refractivity contribution is 5.96. The lowest BCUT2D eigenvalue weighted by atomic mass is 9.97. The fourth-order valence-corrected chi connectivity index (χ4v) is 2.02. The van der Waals surface area contributed by atoms with Crippen LogP contribution in [0.25, 0.3) is 0 Å². The van der Waals surface area contributed by atoms with Crippen LogP contribution in [0.1, 0.15) is 6.92 Å². The molecule has 0 aromatic rings. The summed E-state index contributed by atoms with van der Waals surface area (Å²) in [5.41, 5.74) is -0.673. The molecule has 0 atom stereocenters. The topological polar surface area (TPSA) is 72.9 Å². The van der Waals surface area contributed by atoms with E-state index in [-0.39, 0.29) is 18.5 Å². The summed E-state index contributed by atoms with van der Waals surface area (Å²) in [5.74, 6) is -0.194.